The van der Waals surface area contributed by atoms with Gasteiger partial charge in [-0.1, -0.05) is 60.7 Å². The van der Waals surface area contributed by atoms with E-state index in [0.717, 1.165) is 10.5 Å². The fraction of sp³-hybridized carbons (Fsp3) is 0.160. The molecule has 0 unspecified atom stereocenters. The number of hydrogen-bond acceptors (Lipinski definition) is 3. The molecular formula is C25H20BrF3O3S. The van der Waals surface area contributed by atoms with Gasteiger partial charge in [-0.25, -0.2) is 9.18 Å². The molecule has 0 saturated carbocycles. The average Bonchev–Trinajstić information content (AvgIpc) is 2.82. The molecule has 172 valence electrons. The van der Waals surface area contributed by atoms with Crippen molar-refractivity contribution in [3.05, 3.63) is 100 Å². The van der Waals surface area contributed by atoms with E-state index in [1.807, 2.05) is 36.4 Å². The summed E-state index contributed by atoms with van der Waals surface area (Å²) in [5.41, 5.74) is 1.27. The Morgan fingerprint density at radius 2 is 1.76 bits per heavy atom. The first-order valence-corrected chi connectivity index (χ1v) is 11.7. The molecule has 0 heterocycles. The summed E-state index contributed by atoms with van der Waals surface area (Å²) in [6.45, 7) is -2.22. The van der Waals surface area contributed by atoms with Gasteiger partial charge in [0.15, 0.2) is 13.3 Å². The smallest absolute Gasteiger partial charge is 0.341 e. The lowest BCUT2D eigenvalue weighted by Gasteiger charge is -2.19. The van der Waals surface area contributed by atoms with Crippen LogP contribution in [0.1, 0.15) is 16.7 Å². The van der Waals surface area contributed by atoms with Crippen molar-refractivity contribution in [3.8, 4) is 5.75 Å². The topological polar surface area (TPSA) is 46.5 Å². The molecule has 0 bridgehead atoms. The van der Waals surface area contributed by atoms with Gasteiger partial charge in [0.25, 0.3) is 0 Å². The molecule has 33 heavy (non-hydrogen) atoms. The molecule has 0 fully saturated rings. The maximum absolute atomic E-state index is 14.3. The second-order valence-corrected chi connectivity index (χ2v) is 8.90. The molecule has 0 radical (unpaired) electrons. The highest BCUT2D eigenvalue weighted by atomic mass is 79.9. The standard InChI is InChI=1S/C25H20BrF3O3S/c26-22-14-18(10-11-23(22)32-15-24(30)31)33-13-12-19(17-6-2-1-3-7-17)20-8-4-5-9-21(20)25(28,29)16-27/h1-12,14H,13,15-16H2,(H,30,31)/b19-12-. The highest BCUT2D eigenvalue weighted by Gasteiger charge is 2.34. The third kappa shape index (κ3) is 6.65. The molecule has 0 amide bonds. The van der Waals surface area contributed by atoms with E-state index in [9.17, 15) is 18.0 Å². The summed E-state index contributed by atoms with van der Waals surface area (Å²) in [5.74, 6) is -3.79. The Hall–Kier alpha value is -2.71. The van der Waals surface area contributed by atoms with Crippen LogP contribution in [0.4, 0.5) is 13.2 Å². The third-order valence-corrected chi connectivity index (χ3v) is 6.20. The minimum Gasteiger partial charge on any atom is -0.481 e. The fourth-order valence-corrected chi connectivity index (χ4v) is 4.61. The van der Waals surface area contributed by atoms with Gasteiger partial charge in [0.2, 0.25) is 0 Å². The highest BCUT2D eigenvalue weighted by molar-refractivity contribution is 9.10. The van der Waals surface area contributed by atoms with E-state index in [1.54, 1.807) is 30.3 Å². The number of carbonyl (C=O) groups is 1. The number of alkyl halides is 3. The van der Waals surface area contributed by atoms with Gasteiger partial charge in [-0.2, -0.15) is 8.78 Å². The first kappa shape index (κ1) is 24.9. The van der Waals surface area contributed by atoms with Gasteiger partial charge in [0.1, 0.15) is 5.75 Å². The average molecular weight is 537 g/mol. The van der Waals surface area contributed by atoms with Crippen molar-refractivity contribution in [1.82, 2.24) is 0 Å². The van der Waals surface area contributed by atoms with Gasteiger partial charge in [0, 0.05) is 16.2 Å². The van der Waals surface area contributed by atoms with Crippen LogP contribution in [0.3, 0.4) is 0 Å². The second-order valence-electron chi connectivity index (χ2n) is 6.95. The highest BCUT2D eigenvalue weighted by Crippen LogP contribution is 2.37. The summed E-state index contributed by atoms with van der Waals surface area (Å²) in [6.07, 6.45) is 1.84. The van der Waals surface area contributed by atoms with Crippen LogP contribution < -0.4 is 4.74 Å². The lowest BCUT2D eigenvalue weighted by atomic mass is 9.91. The molecule has 1 N–H and O–H groups in total. The maximum atomic E-state index is 14.3. The SMILES string of the molecule is O=C(O)COc1ccc(SC/C=C(/c2ccccc2)c2ccccc2C(F)(F)CF)cc1Br. The first-order valence-electron chi connectivity index (χ1n) is 9.88. The van der Waals surface area contributed by atoms with Crippen molar-refractivity contribution in [3.63, 3.8) is 0 Å². The largest absolute Gasteiger partial charge is 0.481 e. The number of benzene rings is 3. The summed E-state index contributed by atoms with van der Waals surface area (Å²) in [4.78, 5) is 11.5. The monoisotopic (exact) mass is 536 g/mol. The molecule has 0 atom stereocenters. The lowest BCUT2D eigenvalue weighted by Crippen LogP contribution is -2.18. The van der Waals surface area contributed by atoms with E-state index < -0.39 is 25.2 Å². The van der Waals surface area contributed by atoms with Crippen LogP contribution in [0, 0.1) is 0 Å². The van der Waals surface area contributed by atoms with Gasteiger partial charge >= 0.3 is 11.9 Å². The predicted octanol–water partition coefficient (Wildman–Crippen LogP) is 7.20. The van der Waals surface area contributed by atoms with Crippen molar-refractivity contribution in [1.29, 1.82) is 0 Å². The van der Waals surface area contributed by atoms with Crippen LogP contribution in [0.2, 0.25) is 0 Å². The summed E-state index contributed by atoms with van der Waals surface area (Å²) in [5, 5.41) is 8.74. The van der Waals surface area contributed by atoms with Crippen LogP contribution in [-0.2, 0) is 10.7 Å². The molecule has 0 aromatic heterocycles. The minimum atomic E-state index is -3.59. The van der Waals surface area contributed by atoms with Crippen LogP contribution in [0.25, 0.3) is 5.57 Å². The molecule has 0 spiro atoms. The number of carboxylic acids is 1. The third-order valence-electron chi connectivity index (χ3n) is 4.66. The van der Waals surface area contributed by atoms with Gasteiger partial charge in [-0.15, -0.1) is 11.8 Å². The van der Waals surface area contributed by atoms with Crippen molar-refractivity contribution >= 4 is 39.2 Å². The van der Waals surface area contributed by atoms with Crippen molar-refractivity contribution in [2.75, 3.05) is 19.0 Å². The Bertz CT molecular complexity index is 1140. The number of hydrogen-bond donors (Lipinski definition) is 1. The summed E-state index contributed by atoms with van der Waals surface area (Å²) in [6, 6.07) is 20.3. The number of rotatable bonds is 10. The molecule has 0 aliphatic heterocycles. The zero-order chi connectivity index (χ0) is 23.8. The molecule has 0 saturated heterocycles. The molecule has 3 aromatic rings. The van der Waals surface area contributed by atoms with E-state index in [-0.39, 0.29) is 11.1 Å². The fourth-order valence-electron chi connectivity index (χ4n) is 3.16. The first-order chi connectivity index (χ1) is 15.8. The molecule has 3 rings (SSSR count). The number of carboxylic acid groups (broad SMARTS) is 1. The minimum absolute atomic E-state index is 0.283. The Kier molecular flexibility index (Phi) is 8.63. The maximum Gasteiger partial charge on any atom is 0.341 e. The van der Waals surface area contributed by atoms with Gasteiger partial charge in [-0.05, 0) is 50.8 Å². The number of ether oxygens (including phenoxy) is 1. The van der Waals surface area contributed by atoms with E-state index >= 15 is 0 Å². The van der Waals surface area contributed by atoms with Gasteiger partial charge in [-0.3, -0.25) is 0 Å². The van der Waals surface area contributed by atoms with Crippen LogP contribution in [0.15, 0.2) is 88.2 Å². The zero-order valence-electron chi connectivity index (χ0n) is 17.3. The Labute approximate surface area is 202 Å². The van der Waals surface area contributed by atoms with E-state index in [1.165, 1.54) is 23.9 Å². The molecule has 3 aromatic carbocycles. The molecule has 8 heteroatoms. The quantitative estimate of drug-likeness (QED) is 0.278. The molecule has 0 aliphatic rings. The predicted molar refractivity (Wildman–Crippen MR) is 128 cm³/mol. The molecule has 0 aliphatic carbocycles. The lowest BCUT2D eigenvalue weighted by molar-refractivity contribution is -0.139. The van der Waals surface area contributed by atoms with Crippen LogP contribution in [-0.4, -0.2) is 30.1 Å². The number of halogens is 4. The van der Waals surface area contributed by atoms with E-state index in [0.29, 0.717) is 21.5 Å². The number of aliphatic carboxylic acids is 1. The second kappa shape index (κ2) is 11.4. The normalized spacial score (nSPS) is 11.9. The zero-order valence-corrected chi connectivity index (χ0v) is 19.7. The Morgan fingerprint density at radius 1 is 1.06 bits per heavy atom. The number of thioether (sulfide) groups is 1. The van der Waals surface area contributed by atoms with Crippen LogP contribution in [0.5, 0.6) is 5.75 Å². The van der Waals surface area contributed by atoms with E-state index in [2.05, 4.69) is 15.9 Å². The van der Waals surface area contributed by atoms with E-state index in [4.69, 9.17) is 9.84 Å². The molecular weight excluding hydrogens is 517 g/mol. The van der Waals surface area contributed by atoms with Crippen molar-refractivity contribution in [2.45, 2.75) is 10.8 Å². The van der Waals surface area contributed by atoms with Gasteiger partial charge < -0.3 is 9.84 Å². The summed E-state index contributed by atoms with van der Waals surface area (Å²) >= 11 is 4.83. The Morgan fingerprint density at radius 3 is 2.42 bits per heavy atom. The summed E-state index contributed by atoms with van der Waals surface area (Å²) in [7, 11) is 0. The van der Waals surface area contributed by atoms with Gasteiger partial charge in [0.05, 0.1) is 4.47 Å². The van der Waals surface area contributed by atoms with Crippen molar-refractivity contribution in [2.24, 2.45) is 0 Å². The molecule has 3 nitrogen and oxygen atoms in total. The van der Waals surface area contributed by atoms with Crippen LogP contribution >= 0.6 is 27.7 Å². The Balaban J connectivity index is 1.88. The summed E-state index contributed by atoms with van der Waals surface area (Å²) < 4.78 is 47.6. The van der Waals surface area contributed by atoms with Crippen molar-refractivity contribution < 1.29 is 27.8 Å².